The number of aromatic nitrogens is 2. The first-order chi connectivity index (χ1) is 21.7. The maximum atomic E-state index is 5.03. The van der Waals surface area contributed by atoms with Gasteiger partial charge in [-0.25, -0.2) is 4.98 Å². The smallest absolute Gasteiger partial charge is 0.145 e. The van der Waals surface area contributed by atoms with E-state index in [4.69, 9.17) is 4.98 Å². The molecule has 1 aliphatic rings. The molecule has 0 saturated heterocycles. The van der Waals surface area contributed by atoms with Crippen LogP contribution in [0.25, 0.3) is 55.6 Å². The van der Waals surface area contributed by atoms with Crippen molar-refractivity contribution >= 4 is 27.4 Å². The molecule has 5 aromatic carbocycles. The molecule has 1 aliphatic carbocycles. The van der Waals surface area contributed by atoms with Gasteiger partial charge in [-0.3, -0.25) is 4.57 Å². The Kier molecular flexibility index (Phi) is 7.48. The van der Waals surface area contributed by atoms with Crippen LogP contribution >= 0.6 is 0 Å². The SMILES string of the molecule is C\C=C/C=C\C1=C\C=C\Cc2c(-c3ccc(-n4c(-c5ccccc5)nc5ccccc54)cc3)cc3ccccc3c2C(C)=C1. The van der Waals surface area contributed by atoms with Crippen LogP contribution in [0.3, 0.4) is 0 Å². The molecule has 0 atom stereocenters. The monoisotopic (exact) mass is 566 g/mol. The van der Waals surface area contributed by atoms with E-state index in [1.54, 1.807) is 0 Å². The minimum absolute atomic E-state index is 0.856. The van der Waals surface area contributed by atoms with Crippen molar-refractivity contribution in [1.82, 2.24) is 9.55 Å². The molecular weight excluding hydrogens is 532 g/mol. The number of imidazole rings is 1. The van der Waals surface area contributed by atoms with Crippen LogP contribution in [0.4, 0.5) is 0 Å². The van der Waals surface area contributed by atoms with Gasteiger partial charge in [0, 0.05) is 11.3 Å². The number of fused-ring (bicyclic) bond motifs is 4. The van der Waals surface area contributed by atoms with E-state index < -0.39 is 0 Å². The third kappa shape index (κ3) is 5.16. The number of hydrogen-bond donors (Lipinski definition) is 0. The van der Waals surface area contributed by atoms with Crippen molar-refractivity contribution in [3.8, 4) is 28.2 Å². The van der Waals surface area contributed by atoms with Crippen LogP contribution in [0.15, 0.2) is 163 Å². The van der Waals surface area contributed by atoms with Gasteiger partial charge in [-0.05, 0) is 94.8 Å². The van der Waals surface area contributed by atoms with Gasteiger partial charge in [-0.15, -0.1) is 0 Å². The van der Waals surface area contributed by atoms with Gasteiger partial charge in [-0.1, -0.05) is 127 Å². The fourth-order valence-corrected chi connectivity index (χ4v) is 6.29. The summed E-state index contributed by atoms with van der Waals surface area (Å²) in [5, 5.41) is 2.55. The number of nitrogens with zero attached hydrogens (tertiary/aromatic N) is 2. The van der Waals surface area contributed by atoms with Gasteiger partial charge in [0.05, 0.1) is 11.0 Å². The third-order valence-electron chi connectivity index (χ3n) is 8.30. The van der Waals surface area contributed by atoms with E-state index in [-0.39, 0.29) is 0 Å². The Bertz CT molecular complexity index is 2130. The minimum Gasteiger partial charge on any atom is -0.292 e. The van der Waals surface area contributed by atoms with E-state index in [2.05, 4.69) is 163 Å². The number of hydrogen-bond acceptors (Lipinski definition) is 1. The normalized spacial score (nSPS) is 15.5. The molecule has 1 aromatic heterocycles. The summed E-state index contributed by atoms with van der Waals surface area (Å²) in [6, 6.07) is 38.9. The molecular formula is C42H34N2. The van der Waals surface area contributed by atoms with E-state index in [1.165, 1.54) is 44.2 Å². The van der Waals surface area contributed by atoms with Crippen molar-refractivity contribution in [2.45, 2.75) is 20.3 Å². The lowest BCUT2D eigenvalue weighted by Crippen LogP contribution is -1.99. The fourth-order valence-electron chi connectivity index (χ4n) is 6.29. The first kappa shape index (κ1) is 27.4. The van der Waals surface area contributed by atoms with Gasteiger partial charge in [0.25, 0.3) is 0 Å². The zero-order chi connectivity index (χ0) is 29.9. The van der Waals surface area contributed by atoms with Crippen molar-refractivity contribution in [1.29, 1.82) is 0 Å². The summed E-state index contributed by atoms with van der Waals surface area (Å²) < 4.78 is 2.27. The summed E-state index contributed by atoms with van der Waals surface area (Å²) in [7, 11) is 0. The van der Waals surface area contributed by atoms with Gasteiger partial charge in [0.2, 0.25) is 0 Å². The van der Waals surface area contributed by atoms with E-state index in [0.29, 0.717) is 0 Å². The molecule has 0 fully saturated rings. The van der Waals surface area contributed by atoms with Gasteiger partial charge < -0.3 is 0 Å². The minimum atomic E-state index is 0.856. The molecule has 0 radical (unpaired) electrons. The second kappa shape index (κ2) is 12.0. The molecule has 212 valence electrons. The predicted octanol–water partition coefficient (Wildman–Crippen LogP) is 11.1. The first-order valence-electron chi connectivity index (χ1n) is 15.2. The summed E-state index contributed by atoms with van der Waals surface area (Å²) in [6.07, 6.45) is 18.2. The zero-order valence-electron chi connectivity index (χ0n) is 25.1. The lowest BCUT2D eigenvalue weighted by atomic mass is 9.85. The molecule has 0 unspecified atom stereocenters. The number of rotatable bonds is 5. The van der Waals surface area contributed by atoms with Crippen molar-refractivity contribution in [2.75, 3.05) is 0 Å². The molecule has 0 aliphatic heterocycles. The Labute approximate surface area is 259 Å². The van der Waals surface area contributed by atoms with Gasteiger partial charge in [0.1, 0.15) is 5.82 Å². The molecule has 0 N–H and O–H groups in total. The molecule has 2 heteroatoms. The number of allylic oxidation sites excluding steroid dienone is 10. The highest BCUT2D eigenvalue weighted by Crippen LogP contribution is 2.39. The summed E-state index contributed by atoms with van der Waals surface area (Å²) >= 11 is 0. The summed E-state index contributed by atoms with van der Waals surface area (Å²) in [5.41, 5.74) is 11.9. The molecule has 2 nitrogen and oxygen atoms in total. The maximum absolute atomic E-state index is 5.03. The summed E-state index contributed by atoms with van der Waals surface area (Å²) in [6.45, 7) is 4.29. The Morgan fingerprint density at radius 2 is 1.55 bits per heavy atom. The lowest BCUT2D eigenvalue weighted by molar-refractivity contribution is 1.10. The van der Waals surface area contributed by atoms with Crippen LogP contribution in [0.1, 0.15) is 25.0 Å². The average molecular weight is 567 g/mol. The molecule has 0 spiro atoms. The van der Waals surface area contributed by atoms with Crippen molar-refractivity contribution in [3.05, 3.63) is 175 Å². The van der Waals surface area contributed by atoms with E-state index in [1.807, 2.05) is 13.0 Å². The first-order valence-corrected chi connectivity index (χ1v) is 15.2. The quantitative estimate of drug-likeness (QED) is 0.190. The fraction of sp³-hybridized carbons (Fsp3) is 0.0714. The van der Waals surface area contributed by atoms with Crippen LogP contribution in [-0.4, -0.2) is 9.55 Å². The van der Waals surface area contributed by atoms with Crippen LogP contribution in [0.2, 0.25) is 0 Å². The standard InChI is InChI=1S/C42H34N2/c1-3-4-6-15-31-16-9-11-21-37-38(29-34-19-10-12-20-36(34)41(37)30(2)28-31)32-24-26-35(27-25-32)44-40-23-14-13-22-39(40)43-42(44)33-17-7-5-8-18-33/h3-20,22-29H,21H2,1-2H3/b4-3-,11-9+,15-6-,30-28?,31-16-. The highest BCUT2D eigenvalue weighted by atomic mass is 15.1. The van der Waals surface area contributed by atoms with Crippen molar-refractivity contribution < 1.29 is 0 Å². The largest absolute Gasteiger partial charge is 0.292 e. The van der Waals surface area contributed by atoms with E-state index in [0.717, 1.165) is 34.5 Å². The average Bonchev–Trinajstić information content (AvgIpc) is 3.49. The van der Waals surface area contributed by atoms with Crippen molar-refractivity contribution in [2.24, 2.45) is 0 Å². The van der Waals surface area contributed by atoms with Crippen LogP contribution in [0, 0.1) is 0 Å². The second-order valence-electron chi connectivity index (χ2n) is 11.2. The highest BCUT2D eigenvalue weighted by Gasteiger charge is 2.18. The summed E-state index contributed by atoms with van der Waals surface area (Å²) in [5.74, 6) is 0.948. The third-order valence-corrected chi connectivity index (χ3v) is 8.30. The number of benzene rings is 5. The molecule has 6 aromatic rings. The van der Waals surface area contributed by atoms with Gasteiger partial charge in [0.15, 0.2) is 0 Å². The van der Waals surface area contributed by atoms with Gasteiger partial charge in [-0.2, -0.15) is 0 Å². The van der Waals surface area contributed by atoms with Crippen molar-refractivity contribution in [3.63, 3.8) is 0 Å². The Hall–Kier alpha value is -5.47. The molecule has 1 heterocycles. The molecule has 44 heavy (non-hydrogen) atoms. The zero-order valence-corrected chi connectivity index (χ0v) is 25.1. The van der Waals surface area contributed by atoms with Crippen LogP contribution in [-0.2, 0) is 6.42 Å². The number of para-hydroxylation sites is 2. The van der Waals surface area contributed by atoms with E-state index >= 15 is 0 Å². The lowest BCUT2D eigenvalue weighted by Gasteiger charge is -2.19. The second-order valence-corrected chi connectivity index (χ2v) is 11.2. The van der Waals surface area contributed by atoms with Crippen LogP contribution in [0.5, 0.6) is 0 Å². The molecule has 7 rings (SSSR count). The van der Waals surface area contributed by atoms with Crippen LogP contribution < -0.4 is 0 Å². The Morgan fingerprint density at radius 3 is 2.39 bits per heavy atom. The predicted molar refractivity (Wildman–Crippen MR) is 188 cm³/mol. The highest BCUT2D eigenvalue weighted by molar-refractivity contribution is 6.00. The Balaban J connectivity index is 1.38. The van der Waals surface area contributed by atoms with Gasteiger partial charge >= 0.3 is 0 Å². The Morgan fingerprint density at radius 1 is 0.773 bits per heavy atom. The summed E-state index contributed by atoms with van der Waals surface area (Å²) in [4.78, 5) is 5.03. The van der Waals surface area contributed by atoms with E-state index in [9.17, 15) is 0 Å². The molecule has 0 saturated carbocycles. The topological polar surface area (TPSA) is 17.8 Å². The molecule has 0 amide bonds. The maximum Gasteiger partial charge on any atom is 0.145 e. The molecule has 0 bridgehead atoms.